The summed E-state index contributed by atoms with van der Waals surface area (Å²) in [4.78, 5) is 0. The zero-order valence-corrected chi connectivity index (χ0v) is 8.87. The predicted molar refractivity (Wildman–Crippen MR) is 48.6 cm³/mol. The summed E-state index contributed by atoms with van der Waals surface area (Å²) in [7, 11) is 0. The first-order valence-corrected chi connectivity index (χ1v) is 8.59. The highest BCUT2D eigenvalue weighted by atomic mass is 79.9. The number of halogens is 1. The van der Waals surface area contributed by atoms with Crippen LogP contribution in [0.2, 0.25) is 17.6 Å². The summed E-state index contributed by atoms with van der Waals surface area (Å²) in [6.07, 6.45) is 2.96. The average Bonchev–Trinajstić information content (AvgIpc) is 2.16. The van der Waals surface area contributed by atoms with E-state index in [2.05, 4.69) is 29.1 Å². The van der Waals surface area contributed by atoms with Crippen LogP contribution in [0.3, 0.4) is 0 Å². The minimum atomic E-state index is -0.851. The fraction of sp³-hybridized carbons (Fsp3) is 1.00. The first-order chi connectivity index (χ1) is 4.15. The lowest BCUT2D eigenvalue weighted by Gasteiger charge is -2.22. The van der Waals surface area contributed by atoms with Gasteiger partial charge in [-0.3, -0.25) is 0 Å². The van der Waals surface area contributed by atoms with Crippen molar-refractivity contribution in [3.05, 3.63) is 0 Å². The van der Waals surface area contributed by atoms with E-state index in [9.17, 15) is 0 Å². The van der Waals surface area contributed by atoms with Crippen molar-refractivity contribution in [3.8, 4) is 0 Å². The van der Waals surface area contributed by atoms with Crippen molar-refractivity contribution in [1.82, 2.24) is 0 Å². The minimum absolute atomic E-state index is 0.851. The van der Waals surface area contributed by atoms with E-state index in [1.54, 1.807) is 0 Å². The maximum absolute atomic E-state index is 3.95. The molecular weight excluding hydrogens is 192 g/mol. The molecule has 0 aromatic carbocycles. The molecule has 1 aliphatic heterocycles. The standard InChI is InChI=1S/C7H15BrSi/c1-7(2)9(8)5-3-4-6-9/h7H,3-6H2,1-2H3. The monoisotopic (exact) mass is 206 g/mol. The Morgan fingerprint density at radius 2 is 1.67 bits per heavy atom. The molecule has 0 saturated carbocycles. The topological polar surface area (TPSA) is 0 Å². The number of rotatable bonds is 1. The van der Waals surface area contributed by atoms with Gasteiger partial charge in [0.1, 0.15) is 6.69 Å². The van der Waals surface area contributed by atoms with Gasteiger partial charge in [0, 0.05) is 0 Å². The second-order valence-corrected chi connectivity index (χ2v) is 12.4. The molecule has 1 rings (SSSR count). The zero-order chi connectivity index (χ0) is 6.91. The Morgan fingerprint density at radius 3 is 1.89 bits per heavy atom. The summed E-state index contributed by atoms with van der Waals surface area (Å²) in [5.74, 6) is 0. The third-order valence-corrected chi connectivity index (χ3v) is 12.0. The summed E-state index contributed by atoms with van der Waals surface area (Å²) in [5, 5.41) is 0. The van der Waals surface area contributed by atoms with E-state index in [-0.39, 0.29) is 0 Å². The summed E-state index contributed by atoms with van der Waals surface area (Å²) < 4.78 is 0. The Morgan fingerprint density at radius 1 is 1.22 bits per heavy atom. The van der Waals surface area contributed by atoms with Crippen LogP contribution in [-0.4, -0.2) is 6.69 Å². The van der Waals surface area contributed by atoms with Crippen LogP contribution >= 0.6 is 15.3 Å². The third-order valence-electron chi connectivity index (χ3n) is 2.47. The molecule has 0 N–H and O–H groups in total. The van der Waals surface area contributed by atoms with Gasteiger partial charge in [0.25, 0.3) is 0 Å². The molecule has 0 aromatic heterocycles. The Balaban J connectivity index is 2.51. The van der Waals surface area contributed by atoms with E-state index in [0.29, 0.717) is 0 Å². The largest absolute Gasteiger partial charge is 0.132 e. The Bertz CT molecular complexity index is 95.1. The van der Waals surface area contributed by atoms with Gasteiger partial charge in [-0.15, -0.1) is 15.3 Å². The smallest absolute Gasteiger partial charge is 0.126 e. The molecule has 1 fully saturated rings. The average molecular weight is 207 g/mol. The molecule has 0 bridgehead atoms. The molecule has 1 aliphatic rings. The van der Waals surface area contributed by atoms with E-state index in [1.165, 1.54) is 24.9 Å². The van der Waals surface area contributed by atoms with Gasteiger partial charge in [-0.1, -0.05) is 26.7 Å². The van der Waals surface area contributed by atoms with Gasteiger partial charge in [-0.05, 0) is 17.6 Å². The number of hydrogen-bond donors (Lipinski definition) is 0. The van der Waals surface area contributed by atoms with Crippen LogP contribution in [0.25, 0.3) is 0 Å². The van der Waals surface area contributed by atoms with Gasteiger partial charge in [-0.25, -0.2) is 0 Å². The maximum Gasteiger partial charge on any atom is 0.132 e. The molecule has 1 heterocycles. The van der Waals surface area contributed by atoms with E-state index >= 15 is 0 Å². The van der Waals surface area contributed by atoms with Gasteiger partial charge < -0.3 is 0 Å². The SMILES string of the molecule is CC(C)[Si]1(Br)CCCC1. The highest BCUT2D eigenvalue weighted by Gasteiger charge is 2.36. The highest BCUT2D eigenvalue weighted by Crippen LogP contribution is 2.42. The summed E-state index contributed by atoms with van der Waals surface area (Å²) >= 11 is 3.95. The van der Waals surface area contributed by atoms with Crippen molar-refractivity contribution in [2.45, 2.75) is 44.3 Å². The van der Waals surface area contributed by atoms with Gasteiger partial charge in [0.2, 0.25) is 0 Å². The first kappa shape index (κ1) is 7.80. The van der Waals surface area contributed by atoms with E-state index < -0.39 is 6.69 Å². The Hall–Kier alpha value is 0.697. The summed E-state index contributed by atoms with van der Waals surface area (Å²) in [6.45, 7) is 3.88. The van der Waals surface area contributed by atoms with Crippen molar-refractivity contribution in [1.29, 1.82) is 0 Å². The van der Waals surface area contributed by atoms with Crippen molar-refractivity contribution < 1.29 is 0 Å². The molecule has 9 heavy (non-hydrogen) atoms. The van der Waals surface area contributed by atoms with Crippen LogP contribution in [0.15, 0.2) is 0 Å². The molecule has 2 heteroatoms. The second-order valence-electron chi connectivity index (χ2n) is 3.40. The quantitative estimate of drug-likeness (QED) is 0.455. The predicted octanol–water partition coefficient (Wildman–Crippen LogP) is 3.53. The van der Waals surface area contributed by atoms with Crippen LogP contribution in [0.4, 0.5) is 0 Å². The zero-order valence-electron chi connectivity index (χ0n) is 6.28. The molecule has 0 radical (unpaired) electrons. The van der Waals surface area contributed by atoms with Gasteiger partial charge in [0.05, 0.1) is 0 Å². The van der Waals surface area contributed by atoms with Gasteiger partial charge in [-0.2, -0.15) is 0 Å². The van der Waals surface area contributed by atoms with Crippen LogP contribution in [0, 0.1) is 0 Å². The normalized spacial score (nSPS) is 25.3. The molecule has 0 spiro atoms. The van der Waals surface area contributed by atoms with E-state index in [0.717, 1.165) is 5.54 Å². The van der Waals surface area contributed by atoms with Crippen molar-refractivity contribution in [3.63, 3.8) is 0 Å². The fourth-order valence-electron chi connectivity index (χ4n) is 1.54. The van der Waals surface area contributed by atoms with Crippen LogP contribution in [0.1, 0.15) is 26.7 Å². The highest BCUT2D eigenvalue weighted by molar-refractivity contribution is 9.26. The lowest BCUT2D eigenvalue weighted by Crippen LogP contribution is -2.24. The Kier molecular flexibility index (Phi) is 2.38. The molecule has 0 amide bonds. The van der Waals surface area contributed by atoms with Crippen molar-refractivity contribution in [2.24, 2.45) is 0 Å². The van der Waals surface area contributed by atoms with Crippen LogP contribution in [-0.2, 0) is 0 Å². The van der Waals surface area contributed by atoms with E-state index in [4.69, 9.17) is 0 Å². The molecule has 0 aliphatic carbocycles. The van der Waals surface area contributed by atoms with Gasteiger partial charge in [0.15, 0.2) is 0 Å². The Labute approximate surface area is 66.6 Å². The summed E-state index contributed by atoms with van der Waals surface area (Å²) in [6, 6.07) is 3.04. The molecule has 1 saturated heterocycles. The minimum Gasteiger partial charge on any atom is -0.126 e. The molecule has 0 aromatic rings. The molecule has 0 unspecified atom stereocenters. The summed E-state index contributed by atoms with van der Waals surface area (Å²) in [5.41, 5.74) is 0.944. The van der Waals surface area contributed by atoms with Crippen LogP contribution < -0.4 is 0 Å². The second kappa shape index (κ2) is 2.75. The van der Waals surface area contributed by atoms with Gasteiger partial charge >= 0.3 is 0 Å². The molecule has 0 atom stereocenters. The van der Waals surface area contributed by atoms with Crippen molar-refractivity contribution in [2.75, 3.05) is 0 Å². The molecule has 0 nitrogen and oxygen atoms in total. The van der Waals surface area contributed by atoms with Crippen LogP contribution in [0.5, 0.6) is 0 Å². The van der Waals surface area contributed by atoms with Crippen molar-refractivity contribution >= 4 is 22.0 Å². The van der Waals surface area contributed by atoms with E-state index in [1.807, 2.05) is 0 Å². The maximum atomic E-state index is 3.95. The first-order valence-electron chi connectivity index (χ1n) is 3.84. The molecular formula is C7H15BrSi. The number of hydrogen-bond acceptors (Lipinski definition) is 0. The fourth-order valence-corrected chi connectivity index (χ4v) is 6.30. The third kappa shape index (κ3) is 1.58. The lowest BCUT2D eigenvalue weighted by molar-refractivity contribution is 0.935. The lowest BCUT2D eigenvalue weighted by atomic mass is 10.4. The molecule has 54 valence electrons.